The van der Waals surface area contributed by atoms with Crippen LogP contribution in [0.15, 0.2) is 30.3 Å². The third kappa shape index (κ3) is 5.30. The van der Waals surface area contributed by atoms with Gasteiger partial charge in [0.2, 0.25) is 0 Å². The van der Waals surface area contributed by atoms with Gasteiger partial charge in [0.1, 0.15) is 6.07 Å². The summed E-state index contributed by atoms with van der Waals surface area (Å²) in [5, 5.41) is 20.4. The molecule has 1 amide bonds. The Morgan fingerprint density at radius 2 is 2.04 bits per heavy atom. The van der Waals surface area contributed by atoms with E-state index in [4.69, 9.17) is 21.6 Å². The zero-order chi connectivity index (χ0) is 19.2. The first-order chi connectivity index (χ1) is 13.1. The van der Waals surface area contributed by atoms with E-state index < -0.39 is 0 Å². The van der Waals surface area contributed by atoms with E-state index in [9.17, 15) is 4.79 Å². The Kier molecular flexibility index (Phi) is 6.85. The molecule has 1 N–H and O–H groups in total. The van der Waals surface area contributed by atoms with Gasteiger partial charge in [-0.05, 0) is 12.1 Å². The van der Waals surface area contributed by atoms with Crippen LogP contribution in [0.3, 0.4) is 0 Å². The van der Waals surface area contributed by atoms with Crippen LogP contribution in [0.4, 0.5) is 0 Å². The Morgan fingerprint density at radius 1 is 1.26 bits per heavy atom. The van der Waals surface area contributed by atoms with Crippen LogP contribution in [0.25, 0.3) is 0 Å². The van der Waals surface area contributed by atoms with E-state index in [-0.39, 0.29) is 39.3 Å². The van der Waals surface area contributed by atoms with Gasteiger partial charge < -0.3 is 0 Å². The maximum absolute atomic E-state index is 12.3. The van der Waals surface area contributed by atoms with Crippen molar-refractivity contribution < 1.29 is 30.7 Å². The minimum absolute atomic E-state index is 0.0784. The van der Waals surface area contributed by atoms with Gasteiger partial charge in [-0.1, -0.05) is 11.6 Å². The summed E-state index contributed by atoms with van der Waals surface area (Å²) in [4.78, 5) is 14.4. The van der Waals surface area contributed by atoms with E-state index in [0.717, 1.165) is 29.4 Å². The summed E-state index contributed by atoms with van der Waals surface area (Å²) in [6.07, 6.45) is 3.44. The molecule has 1 saturated carbocycles. The molecule has 27 heavy (non-hydrogen) atoms. The summed E-state index contributed by atoms with van der Waals surface area (Å²) in [6.45, 7) is 0. The Bertz CT molecular complexity index is 846. The van der Waals surface area contributed by atoms with Crippen molar-refractivity contribution in [2.75, 3.05) is 4.93 Å². The van der Waals surface area contributed by atoms with Gasteiger partial charge in [0, 0.05) is 6.07 Å². The summed E-state index contributed by atoms with van der Waals surface area (Å²) < 4.78 is 6.95. The predicted octanol–water partition coefficient (Wildman–Crippen LogP) is 0.0101. The number of aromatic nitrogens is 2. The second-order valence-electron chi connectivity index (χ2n) is 6.25. The Hall–Kier alpha value is -1.92. The molecule has 1 aromatic heterocycles. The van der Waals surface area contributed by atoms with E-state index in [1.807, 2.05) is 12.1 Å². The van der Waals surface area contributed by atoms with Gasteiger partial charge in [-0.3, -0.25) is 0 Å². The monoisotopic (exact) mass is 497 g/mol. The summed E-state index contributed by atoms with van der Waals surface area (Å²) in [6, 6.07) is 10.9. The van der Waals surface area contributed by atoms with Crippen LogP contribution in [-0.2, 0) is 0 Å². The van der Waals surface area contributed by atoms with Crippen molar-refractivity contribution in [2.24, 2.45) is 0 Å². The molecule has 0 aliphatic heterocycles. The summed E-state index contributed by atoms with van der Waals surface area (Å²) >= 11 is 5.93. The molecule has 6 nitrogen and oxygen atoms in total. The second-order valence-corrected chi connectivity index (χ2v) is 8.84. The molecule has 1 aliphatic rings. The van der Waals surface area contributed by atoms with Gasteiger partial charge in [-0.25, -0.2) is 0 Å². The number of hydrogen-bond donors (Lipinski definition) is 1. The van der Waals surface area contributed by atoms with Gasteiger partial charge in [0.25, 0.3) is 0 Å². The molecular weight excluding hydrogens is 479 g/mol. The molecule has 0 unspecified atom stereocenters. The number of carbonyl (C=O) groups is 1. The van der Waals surface area contributed by atoms with Crippen molar-refractivity contribution in [1.29, 1.82) is 5.26 Å². The molecule has 142 valence electrons. The van der Waals surface area contributed by atoms with E-state index in [1.54, 1.807) is 24.3 Å². The van der Waals surface area contributed by atoms with Crippen LogP contribution in [-0.4, -0.2) is 33.2 Å². The molecule has 2 aromatic rings. The van der Waals surface area contributed by atoms with Gasteiger partial charge in [0.05, 0.1) is 10.6 Å². The third-order valence-corrected chi connectivity index (χ3v) is 6.42. The van der Waals surface area contributed by atoms with E-state index in [2.05, 4.69) is 20.4 Å². The molecule has 0 bridgehead atoms. The number of nitrogens with zero attached hydrogens (tertiary/aromatic N) is 3. The number of ether oxygens (including phenoxy) is 1. The Balaban J connectivity index is 1.49. The average molecular weight is 498 g/mol. The quantitative estimate of drug-likeness (QED) is 0.465. The van der Waals surface area contributed by atoms with Crippen LogP contribution in [0.2, 0.25) is 5.02 Å². The fraction of sp³-hybridized carbons (Fsp3) is 0.368. The second kappa shape index (κ2) is 9.33. The van der Waals surface area contributed by atoms with Crippen LogP contribution in [0.5, 0.6) is 5.75 Å². The maximum atomic E-state index is 12.3. The molecule has 0 spiro atoms. The molecule has 1 fully saturated rings. The van der Waals surface area contributed by atoms with Gasteiger partial charge in [0.15, 0.2) is 0 Å². The van der Waals surface area contributed by atoms with Crippen molar-refractivity contribution in [3.63, 3.8) is 0 Å². The number of benzene rings is 1. The van der Waals surface area contributed by atoms with Crippen molar-refractivity contribution in [3.05, 3.63) is 50.3 Å². The molecule has 1 aliphatic carbocycles. The van der Waals surface area contributed by atoms with Crippen molar-refractivity contribution in [3.8, 4) is 11.8 Å². The molecule has 3 rings (SSSR count). The number of hydrogen-bond acceptors (Lipinski definition) is 5. The number of nitrogens with one attached hydrogen (secondary N) is 1. The molecule has 0 radical (unpaired) electrons. The first kappa shape index (κ1) is 19.8. The van der Waals surface area contributed by atoms with Crippen molar-refractivity contribution >= 4 is 17.5 Å². The predicted molar refractivity (Wildman–Crippen MR) is 97.0 cm³/mol. The summed E-state index contributed by atoms with van der Waals surface area (Å²) in [5.41, 5.74) is 0.800. The summed E-state index contributed by atoms with van der Waals surface area (Å²) in [7, 11) is 0. The SMILES string of the molecule is C[I-]c1ccc(C(=O)NC2CCC(Oc3ccc(C#N)c(Cl)c3)CC2)nn1. The zero-order valence-corrected chi connectivity index (χ0v) is 17.7. The fourth-order valence-electron chi connectivity index (χ4n) is 2.97. The van der Waals surface area contributed by atoms with E-state index in [1.165, 1.54) is 0 Å². The number of halogens is 2. The van der Waals surface area contributed by atoms with Crippen LogP contribution >= 0.6 is 11.6 Å². The first-order valence-corrected chi connectivity index (χ1v) is 12.2. The molecule has 0 atom stereocenters. The van der Waals surface area contributed by atoms with Gasteiger partial charge in [-0.2, -0.15) is 5.26 Å². The molecule has 1 aromatic carbocycles. The molecule has 0 saturated heterocycles. The average Bonchev–Trinajstić information content (AvgIpc) is 2.69. The van der Waals surface area contributed by atoms with Gasteiger partial charge >= 0.3 is 122 Å². The summed E-state index contributed by atoms with van der Waals surface area (Å²) in [5.74, 6) is 0.493. The Labute approximate surface area is 173 Å². The minimum atomic E-state index is -0.174. The number of alkyl halides is 1. The van der Waals surface area contributed by atoms with Crippen LogP contribution in [0, 0.1) is 15.0 Å². The number of amides is 1. The topological polar surface area (TPSA) is 87.9 Å². The van der Waals surface area contributed by atoms with Crippen LogP contribution < -0.4 is 31.3 Å². The molecular formula is C19H19ClIN4O2-. The van der Waals surface area contributed by atoms with Crippen LogP contribution in [0.1, 0.15) is 41.7 Å². The third-order valence-electron chi connectivity index (χ3n) is 4.43. The van der Waals surface area contributed by atoms with Gasteiger partial charge in [-0.15, -0.1) is 0 Å². The fourth-order valence-corrected chi connectivity index (χ4v) is 4.05. The molecule has 8 heteroatoms. The Morgan fingerprint density at radius 3 is 2.63 bits per heavy atom. The zero-order valence-electron chi connectivity index (χ0n) is 14.8. The molecule has 1 heterocycles. The number of carbonyl (C=O) groups excluding carboxylic acids is 1. The van der Waals surface area contributed by atoms with E-state index in [0.29, 0.717) is 22.0 Å². The standard InChI is InChI=1S/C19H19ClIN4O2/c1-21-18-9-8-17(24-25-18)19(26)23-13-3-6-14(7-4-13)27-15-5-2-12(11-22)16(20)10-15/h2,5,8-10,13-14H,3-4,6-7H2,1H3,(H,23,26)/q-1. The van der Waals surface area contributed by atoms with E-state index >= 15 is 0 Å². The number of nitriles is 1. The normalized spacial score (nSPS) is 19.3. The van der Waals surface area contributed by atoms with Crippen molar-refractivity contribution in [1.82, 2.24) is 15.5 Å². The first-order valence-electron chi connectivity index (χ1n) is 8.59. The number of rotatable bonds is 5. The van der Waals surface area contributed by atoms with Crippen molar-refractivity contribution in [2.45, 2.75) is 37.8 Å².